The third-order valence-electron chi connectivity index (χ3n) is 4.65. The molecule has 0 atom stereocenters. The lowest BCUT2D eigenvalue weighted by atomic mass is 9.88. The van der Waals surface area contributed by atoms with Gasteiger partial charge in [-0.05, 0) is 66.1 Å². The minimum absolute atomic E-state index is 0.00794. The van der Waals surface area contributed by atoms with Gasteiger partial charge in [0.05, 0.1) is 0 Å². The first-order valence-electron chi connectivity index (χ1n) is 9.57. The lowest BCUT2D eigenvalue weighted by Gasteiger charge is -2.17. The monoisotopic (exact) mass is 379 g/mol. The zero-order valence-electron chi connectivity index (χ0n) is 17.0. The van der Waals surface area contributed by atoms with E-state index < -0.39 is 0 Å². The molecule has 1 aromatic heterocycles. The van der Waals surface area contributed by atoms with Gasteiger partial charge < -0.3 is 5.32 Å². The van der Waals surface area contributed by atoms with Gasteiger partial charge in [-0.2, -0.15) is 0 Å². The van der Waals surface area contributed by atoms with Crippen molar-refractivity contribution in [2.24, 2.45) is 5.41 Å². The summed E-state index contributed by atoms with van der Waals surface area (Å²) < 4.78 is 1.36. The molecule has 1 N–H and O–H groups in total. The van der Waals surface area contributed by atoms with Crippen molar-refractivity contribution in [3.8, 4) is 0 Å². The molecular weight excluding hydrogens is 350 g/mol. The molecule has 3 rings (SSSR count). The average Bonchev–Trinajstić information content (AvgIpc) is 2.96. The molecule has 0 saturated heterocycles. The van der Waals surface area contributed by atoms with Gasteiger partial charge in [0.1, 0.15) is 0 Å². The van der Waals surface area contributed by atoms with Crippen molar-refractivity contribution in [3.63, 3.8) is 0 Å². The van der Waals surface area contributed by atoms with Gasteiger partial charge in [-0.25, -0.2) is 0 Å². The summed E-state index contributed by atoms with van der Waals surface area (Å²) >= 11 is 1.83. The van der Waals surface area contributed by atoms with Crippen molar-refractivity contribution in [3.05, 3.63) is 69.6 Å². The van der Waals surface area contributed by atoms with Crippen molar-refractivity contribution in [2.75, 3.05) is 6.54 Å². The van der Waals surface area contributed by atoms with E-state index in [1.54, 1.807) is 0 Å². The Balaban J connectivity index is 1.69. The van der Waals surface area contributed by atoms with Gasteiger partial charge in [0.15, 0.2) is 0 Å². The highest BCUT2D eigenvalue weighted by molar-refractivity contribution is 7.17. The second-order valence-electron chi connectivity index (χ2n) is 8.67. The Labute approximate surface area is 166 Å². The van der Waals surface area contributed by atoms with E-state index in [-0.39, 0.29) is 11.3 Å². The van der Waals surface area contributed by atoms with Gasteiger partial charge in [-0.1, -0.05) is 56.2 Å². The molecule has 142 valence electrons. The number of fused-ring (bicyclic) bond motifs is 1. The highest BCUT2D eigenvalue weighted by Crippen LogP contribution is 2.33. The van der Waals surface area contributed by atoms with E-state index in [4.69, 9.17) is 0 Å². The van der Waals surface area contributed by atoms with Crippen LogP contribution in [0.25, 0.3) is 10.1 Å². The van der Waals surface area contributed by atoms with Crippen LogP contribution in [0.15, 0.2) is 41.8 Å². The smallest absolute Gasteiger partial charge is 0.251 e. The summed E-state index contributed by atoms with van der Waals surface area (Å²) in [4.78, 5) is 12.5. The first-order valence-corrected chi connectivity index (χ1v) is 10.5. The van der Waals surface area contributed by atoms with Crippen molar-refractivity contribution < 1.29 is 4.79 Å². The van der Waals surface area contributed by atoms with E-state index >= 15 is 0 Å². The number of nitrogens with one attached hydrogen (secondary N) is 1. The minimum Gasteiger partial charge on any atom is -0.352 e. The number of thiophene rings is 1. The quantitative estimate of drug-likeness (QED) is 0.572. The molecule has 0 radical (unpaired) electrons. The third-order valence-corrected chi connectivity index (χ3v) is 5.77. The van der Waals surface area contributed by atoms with E-state index in [1.165, 1.54) is 21.2 Å². The van der Waals surface area contributed by atoms with Crippen LogP contribution >= 0.6 is 11.3 Å². The van der Waals surface area contributed by atoms with Gasteiger partial charge in [-0.3, -0.25) is 4.79 Å². The summed E-state index contributed by atoms with van der Waals surface area (Å²) in [5.41, 5.74) is 6.02. The number of aryl methyl sites for hydroxylation is 2. The number of amides is 1. The van der Waals surface area contributed by atoms with Crippen LogP contribution in [0.2, 0.25) is 0 Å². The first-order chi connectivity index (χ1) is 12.7. The van der Waals surface area contributed by atoms with Crippen LogP contribution in [0, 0.1) is 19.3 Å². The lowest BCUT2D eigenvalue weighted by molar-refractivity contribution is 0.0954. The summed E-state index contributed by atoms with van der Waals surface area (Å²) in [7, 11) is 0. The fraction of sp³-hybridized carbons (Fsp3) is 0.375. The zero-order chi connectivity index (χ0) is 19.6. The van der Waals surface area contributed by atoms with Crippen LogP contribution in [0.4, 0.5) is 0 Å². The molecular formula is C24H29NOS. The number of benzene rings is 2. The Morgan fingerprint density at radius 3 is 2.41 bits per heavy atom. The van der Waals surface area contributed by atoms with E-state index in [1.807, 2.05) is 37.3 Å². The lowest BCUT2D eigenvalue weighted by Crippen LogP contribution is -2.25. The van der Waals surface area contributed by atoms with Crippen molar-refractivity contribution in [1.82, 2.24) is 5.32 Å². The third kappa shape index (κ3) is 4.98. The molecule has 0 aliphatic carbocycles. The Kier molecular flexibility index (Phi) is 5.71. The van der Waals surface area contributed by atoms with E-state index in [9.17, 15) is 4.79 Å². The number of rotatable bonds is 5. The average molecular weight is 380 g/mol. The zero-order valence-corrected chi connectivity index (χ0v) is 17.8. The molecule has 2 aromatic carbocycles. The van der Waals surface area contributed by atoms with Crippen molar-refractivity contribution >= 4 is 27.3 Å². The van der Waals surface area contributed by atoms with E-state index in [0.717, 1.165) is 29.5 Å². The first kappa shape index (κ1) is 19.6. The molecule has 0 bridgehead atoms. The van der Waals surface area contributed by atoms with E-state index in [0.29, 0.717) is 6.54 Å². The molecule has 0 saturated carbocycles. The summed E-state index contributed by atoms with van der Waals surface area (Å²) in [5.74, 6) is 0.00794. The van der Waals surface area contributed by atoms with Crippen LogP contribution in [0.1, 0.15) is 53.4 Å². The van der Waals surface area contributed by atoms with E-state index in [2.05, 4.69) is 55.7 Å². The van der Waals surface area contributed by atoms with Gasteiger partial charge in [0.2, 0.25) is 0 Å². The molecule has 0 spiro atoms. The van der Waals surface area contributed by atoms with Gasteiger partial charge in [0, 0.05) is 16.8 Å². The summed E-state index contributed by atoms with van der Waals surface area (Å²) in [5, 5.41) is 6.75. The fourth-order valence-corrected chi connectivity index (χ4v) is 4.71. The minimum atomic E-state index is 0.00794. The summed E-state index contributed by atoms with van der Waals surface area (Å²) in [6.07, 6.45) is 1.93. The van der Waals surface area contributed by atoms with Crippen LogP contribution in [-0.2, 0) is 12.8 Å². The number of carbonyl (C=O) groups excluding carboxylic acids is 1. The Hall–Kier alpha value is -2.13. The molecule has 3 heteroatoms. The van der Waals surface area contributed by atoms with Gasteiger partial charge >= 0.3 is 0 Å². The maximum Gasteiger partial charge on any atom is 0.251 e. The maximum absolute atomic E-state index is 12.5. The van der Waals surface area contributed by atoms with Crippen LogP contribution in [0.3, 0.4) is 0 Å². The molecule has 27 heavy (non-hydrogen) atoms. The molecule has 0 aliphatic heterocycles. The molecule has 3 aromatic rings. The molecule has 0 aliphatic rings. The Bertz CT molecular complexity index is 942. The number of hydrogen-bond donors (Lipinski definition) is 1. The molecule has 0 fully saturated rings. The second kappa shape index (κ2) is 7.85. The highest BCUT2D eigenvalue weighted by atomic mass is 32.1. The fourth-order valence-electron chi connectivity index (χ4n) is 3.59. The second-order valence-corrected chi connectivity index (χ2v) is 9.55. The van der Waals surface area contributed by atoms with Crippen LogP contribution in [0.5, 0.6) is 0 Å². The SMILES string of the molecule is Cc1cc(C)cc(C(=O)NCCc2cccc3c(CC(C)(C)C)csc23)c1. The van der Waals surface area contributed by atoms with Crippen LogP contribution < -0.4 is 5.32 Å². The van der Waals surface area contributed by atoms with Crippen LogP contribution in [-0.4, -0.2) is 12.5 Å². The Morgan fingerprint density at radius 2 is 1.74 bits per heavy atom. The number of hydrogen-bond acceptors (Lipinski definition) is 2. The number of carbonyl (C=O) groups is 1. The molecule has 1 amide bonds. The Morgan fingerprint density at radius 1 is 1.04 bits per heavy atom. The van der Waals surface area contributed by atoms with Crippen molar-refractivity contribution in [2.45, 2.75) is 47.5 Å². The van der Waals surface area contributed by atoms with Gasteiger partial charge in [0.25, 0.3) is 5.91 Å². The topological polar surface area (TPSA) is 29.1 Å². The highest BCUT2D eigenvalue weighted by Gasteiger charge is 2.15. The van der Waals surface area contributed by atoms with Crippen molar-refractivity contribution in [1.29, 1.82) is 0 Å². The molecule has 0 unspecified atom stereocenters. The molecule has 2 nitrogen and oxygen atoms in total. The standard InChI is InChI=1S/C24H29NOS/c1-16-11-17(2)13-19(12-16)23(26)25-10-9-18-7-6-8-21-20(14-24(3,4)5)15-27-22(18)21/h6-8,11-13,15H,9-10,14H2,1-5H3,(H,25,26). The predicted octanol–water partition coefficient (Wildman–Crippen LogP) is 6.08. The summed E-state index contributed by atoms with van der Waals surface area (Å²) in [6, 6.07) is 12.5. The maximum atomic E-state index is 12.5. The van der Waals surface area contributed by atoms with Gasteiger partial charge in [-0.15, -0.1) is 11.3 Å². The molecule has 1 heterocycles. The predicted molar refractivity (Wildman–Crippen MR) is 117 cm³/mol. The normalized spacial score (nSPS) is 11.7. The largest absolute Gasteiger partial charge is 0.352 e. The summed E-state index contributed by atoms with van der Waals surface area (Å²) in [6.45, 7) is 11.5.